The molecule has 0 spiro atoms. The van der Waals surface area contributed by atoms with E-state index in [0.717, 1.165) is 0 Å². The van der Waals surface area contributed by atoms with Gasteiger partial charge in [0.15, 0.2) is 17.5 Å². The first-order valence-electron chi connectivity index (χ1n) is 7.06. The quantitative estimate of drug-likeness (QED) is 0.439. The van der Waals surface area contributed by atoms with E-state index in [2.05, 4.69) is 0 Å². The van der Waals surface area contributed by atoms with Crippen molar-refractivity contribution in [1.82, 2.24) is 0 Å². The first kappa shape index (κ1) is 18.4. The summed E-state index contributed by atoms with van der Waals surface area (Å²) in [4.78, 5) is 11.0. The molecule has 0 aromatic heterocycles. The second kappa shape index (κ2) is 8.12. The average molecular weight is 321 g/mol. The van der Waals surface area contributed by atoms with Gasteiger partial charge in [0.25, 0.3) is 0 Å². The van der Waals surface area contributed by atoms with Crippen molar-refractivity contribution < 1.29 is 27.5 Å². The standard InChI is InChI=1S/C15H19F4NO2/c1-2-8(5-9(7-20)15(21)22)3-4-10-11(16)6-12(17)14(19)13(10)18/h6,8-9H,2-5,7,20H2,1H3,(H,21,22). The molecule has 0 aliphatic heterocycles. The van der Waals surface area contributed by atoms with Crippen LogP contribution >= 0.6 is 0 Å². The van der Waals surface area contributed by atoms with Crippen LogP contribution in [-0.4, -0.2) is 17.6 Å². The molecule has 2 unspecified atom stereocenters. The third-order valence-corrected chi connectivity index (χ3v) is 3.84. The third-order valence-electron chi connectivity index (χ3n) is 3.84. The maximum absolute atomic E-state index is 13.6. The van der Waals surface area contributed by atoms with E-state index in [0.29, 0.717) is 12.5 Å². The van der Waals surface area contributed by atoms with Gasteiger partial charge < -0.3 is 10.8 Å². The highest BCUT2D eigenvalue weighted by molar-refractivity contribution is 5.70. The molecule has 0 saturated carbocycles. The van der Waals surface area contributed by atoms with Gasteiger partial charge in [0.05, 0.1) is 5.92 Å². The molecular formula is C15H19F4NO2. The number of carbonyl (C=O) groups is 1. The van der Waals surface area contributed by atoms with Crippen LogP contribution in [0.5, 0.6) is 0 Å². The SMILES string of the molecule is CCC(CCc1c(F)cc(F)c(F)c1F)CC(CN)C(=O)O. The fourth-order valence-corrected chi connectivity index (χ4v) is 2.37. The van der Waals surface area contributed by atoms with Gasteiger partial charge in [-0.05, 0) is 25.2 Å². The summed E-state index contributed by atoms with van der Waals surface area (Å²) in [5, 5.41) is 8.97. The average Bonchev–Trinajstić information content (AvgIpc) is 2.47. The maximum atomic E-state index is 13.6. The van der Waals surface area contributed by atoms with Gasteiger partial charge >= 0.3 is 5.97 Å². The molecule has 124 valence electrons. The zero-order chi connectivity index (χ0) is 16.9. The molecular weight excluding hydrogens is 302 g/mol. The largest absolute Gasteiger partial charge is 0.481 e. The van der Waals surface area contributed by atoms with Crippen molar-refractivity contribution in [2.45, 2.75) is 32.6 Å². The molecule has 3 nitrogen and oxygen atoms in total. The van der Waals surface area contributed by atoms with E-state index in [1.54, 1.807) is 0 Å². The van der Waals surface area contributed by atoms with Crippen LogP contribution < -0.4 is 5.73 Å². The van der Waals surface area contributed by atoms with Gasteiger partial charge in [-0.15, -0.1) is 0 Å². The minimum Gasteiger partial charge on any atom is -0.481 e. The molecule has 2 atom stereocenters. The van der Waals surface area contributed by atoms with Crippen LogP contribution in [-0.2, 0) is 11.2 Å². The second-order valence-corrected chi connectivity index (χ2v) is 5.27. The Kier molecular flexibility index (Phi) is 6.80. The highest BCUT2D eigenvalue weighted by atomic mass is 19.2. The van der Waals surface area contributed by atoms with Gasteiger partial charge in [0, 0.05) is 18.2 Å². The van der Waals surface area contributed by atoms with Crippen LogP contribution in [0, 0.1) is 35.1 Å². The van der Waals surface area contributed by atoms with Crippen LogP contribution in [0.25, 0.3) is 0 Å². The number of carboxylic acid groups (broad SMARTS) is 1. The van der Waals surface area contributed by atoms with Gasteiger partial charge in [0.1, 0.15) is 5.82 Å². The van der Waals surface area contributed by atoms with Gasteiger partial charge in [-0.2, -0.15) is 0 Å². The van der Waals surface area contributed by atoms with Crippen LogP contribution in [0.2, 0.25) is 0 Å². The van der Waals surface area contributed by atoms with E-state index in [1.807, 2.05) is 6.92 Å². The first-order valence-corrected chi connectivity index (χ1v) is 7.06. The second-order valence-electron chi connectivity index (χ2n) is 5.27. The third kappa shape index (κ3) is 4.43. The number of nitrogens with two attached hydrogens (primary N) is 1. The summed E-state index contributed by atoms with van der Waals surface area (Å²) < 4.78 is 53.1. The minimum absolute atomic E-state index is 0.0280. The van der Waals surface area contributed by atoms with Crippen LogP contribution in [0.15, 0.2) is 6.07 Å². The summed E-state index contributed by atoms with van der Waals surface area (Å²) in [5.74, 6) is -7.82. The molecule has 1 aromatic carbocycles. The highest BCUT2D eigenvalue weighted by Crippen LogP contribution is 2.25. The fourth-order valence-electron chi connectivity index (χ4n) is 2.37. The molecule has 1 aromatic rings. The predicted molar refractivity (Wildman–Crippen MR) is 73.2 cm³/mol. The summed E-state index contributed by atoms with van der Waals surface area (Å²) in [7, 11) is 0. The van der Waals surface area contributed by atoms with Crippen molar-refractivity contribution in [3.05, 3.63) is 34.9 Å². The Labute approximate surface area is 126 Å². The molecule has 0 aliphatic rings. The predicted octanol–water partition coefficient (Wildman–Crippen LogP) is 3.25. The zero-order valence-electron chi connectivity index (χ0n) is 12.2. The van der Waals surface area contributed by atoms with E-state index < -0.39 is 40.7 Å². The van der Waals surface area contributed by atoms with Crippen molar-refractivity contribution in [3.8, 4) is 0 Å². The lowest BCUT2D eigenvalue weighted by Gasteiger charge is -2.19. The molecule has 0 radical (unpaired) electrons. The Morgan fingerprint density at radius 3 is 2.36 bits per heavy atom. The number of hydrogen-bond acceptors (Lipinski definition) is 2. The molecule has 0 bridgehead atoms. The molecule has 0 heterocycles. The summed E-state index contributed by atoms with van der Waals surface area (Å²) >= 11 is 0. The van der Waals surface area contributed by atoms with E-state index in [4.69, 9.17) is 10.8 Å². The Bertz CT molecular complexity index is 537. The van der Waals surface area contributed by atoms with Crippen molar-refractivity contribution in [2.75, 3.05) is 6.54 Å². The van der Waals surface area contributed by atoms with E-state index >= 15 is 0 Å². The Balaban J connectivity index is 2.79. The normalized spacial score (nSPS) is 13.9. The zero-order valence-corrected chi connectivity index (χ0v) is 12.2. The fraction of sp³-hybridized carbons (Fsp3) is 0.533. The number of carboxylic acids is 1. The number of rotatable bonds is 8. The van der Waals surface area contributed by atoms with Gasteiger partial charge in [-0.3, -0.25) is 4.79 Å². The smallest absolute Gasteiger partial charge is 0.307 e. The minimum atomic E-state index is -1.70. The summed E-state index contributed by atoms with van der Waals surface area (Å²) in [5.41, 5.74) is 4.86. The van der Waals surface area contributed by atoms with Crippen LogP contribution in [0.1, 0.15) is 31.7 Å². The van der Waals surface area contributed by atoms with Crippen molar-refractivity contribution >= 4 is 5.97 Å². The summed E-state index contributed by atoms with van der Waals surface area (Å²) in [6.07, 6.45) is 0.995. The number of benzene rings is 1. The number of hydrogen-bond donors (Lipinski definition) is 2. The Hall–Kier alpha value is -1.63. The molecule has 7 heteroatoms. The number of halogens is 4. The van der Waals surface area contributed by atoms with Crippen molar-refractivity contribution in [3.63, 3.8) is 0 Å². The molecule has 0 amide bonds. The molecule has 1 rings (SSSR count). The molecule has 0 aliphatic carbocycles. The van der Waals surface area contributed by atoms with Gasteiger partial charge in [0.2, 0.25) is 0 Å². The highest BCUT2D eigenvalue weighted by Gasteiger charge is 2.23. The molecule has 3 N–H and O–H groups in total. The lowest BCUT2D eigenvalue weighted by Crippen LogP contribution is -2.26. The van der Waals surface area contributed by atoms with Crippen molar-refractivity contribution in [2.24, 2.45) is 17.6 Å². The molecule has 22 heavy (non-hydrogen) atoms. The van der Waals surface area contributed by atoms with Gasteiger partial charge in [-0.25, -0.2) is 17.6 Å². The van der Waals surface area contributed by atoms with Crippen LogP contribution in [0.4, 0.5) is 17.6 Å². The van der Waals surface area contributed by atoms with Gasteiger partial charge in [-0.1, -0.05) is 13.3 Å². The monoisotopic (exact) mass is 321 g/mol. The van der Waals surface area contributed by atoms with Crippen LogP contribution in [0.3, 0.4) is 0 Å². The maximum Gasteiger partial charge on any atom is 0.307 e. The lowest BCUT2D eigenvalue weighted by molar-refractivity contribution is -0.142. The van der Waals surface area contributed by atoms with Crippen molar-refractivity contribution in [1.29, 1.82) is 0 Å². The summed E-state index contributed by atoms with van der Waals surface area (Å²) in [6.45, 7) is 1.79. The summed E-state index contributed by atoms with van der Waals surface area (Å²) in [6, 6.07) is 0.314. The first-order chi connectivity index (χ1) is 10.3. The van der Waals surface area contributed by atoms with E-state index in [9.17, 15) is 22.4 Å². The molecule has 0 saturated heterocycles. The van der Waals surface area contributed by atoms with E-state index in [1.165, 1.54) is 0 Å². The topological polar surface area (TPSA) is 63.3 Å². The lowest BCUT2D eigenvalue weighted by atomic mass is 9.87. The Morgan fingerprint density at radius 2 is 1.86 bits per heavy atom. The Morgan fingerprint density at radius 1 is 1.23 bits per heavy atom. The molecule has 0 fully saturated rings. The van der Waals surface area contributed by atoms with E-state index in [-0.39, 0.29) is 31.7 Å². The number of aliphatic carboxylic acids is 1.